The fourth-order valence-corrected chi connectivity index (χ4v) is 4.35. The Balaban J connectivity index is 1.95. The van der Waals surface area contributed by atoms with E-state index in [1.807, 2.05) is 46.9 Å². The minimum Gasteiger partial charge on any atom is -0.285 e. The van der Waals surface area contributed by atoms with E-state index in [0.717, 1.165) is 16.8 Å². The number of hydrogen-bond donors (Lipinski definition) is 1. The maximum Gasteiger partial charge on any atom is 0.275 e. The molecule has 0 aliphatic rings. The van der Waals surface area contributed by atoms with E-state index < -0.39 is 10.0 Å². The second-order valence-electron chi connectivity index (χ2n) is 7.26. The van der Waals surface area contributed by atoms with Crippen LogP contribution < -0.4 is 10.3 Å². The fraction of sp³-hybridized carbons (Fsp3) is 0.286. The van der Waals surface area contributed by atoms with Crippen molar-refractivity contribution < 1.29 is 8.42 Å². The van der Waals surface area contributed by atoms with Gasteiger partial charge in [0.05, 0.1) is 10.6 Å². The van der Waals surface area contributed by atoms with Gasteiger partial charge in [-0.1, -0.05) is 31.5 Å². The lowest BCUT2D eigenvalue weighted by atomic mass is 10.0. The Labute approximate surface area is 165 Å². The minimum atomic E-state index is -3.71. The van der Waals surface area contributed by atoms with Gasteiger partial charge in [-0.3, -0.25) is 14.2 Å². The van der Waals surface area contributed by atoms with Gasteiger partial charge in [0.25, 0.3) is 15.6 Å². The van der Waals surface area contributed by atoms with Crippen LogP contribution in [-0.2, 0) is 17.1 Å². The normalized spacial score (nSPS) is 11.8. The summed E-state index contributed by atoms with van der Waals surface area (Å²) in [5, 5.41) is 0. The molecule has 0 atom stereocenters. The molecule has 3 aromatic rings. The average molecular weight is 400 g/mol. The van der Waals surface area contributed by atoms with Crippen LogP contribution in [0.15, 0.2) is 58.2 Å². The second-order valence-corrected chi connectivity index (χ2v) is 8.94. The first kappa shape index (κ1) is 19.9. The first-order valence-electron chi connectivity index (χ1n) is 9.10. The summed E-state index contributed by atoms with van der Waals surface area (Å²) in [6.45, 7) is 7.83. The SMILES string of the molecule is Cc1ccc(NS(=O)(=O)c2ccc(-n3c(=O)c(C(C)C)c(C)n3C)cc2)cc1. The van der Waals surface area contributed by atoms with Gasteiger partial charge in [0.2, 0.25) is 0 Å². The molecule has 0 unspecified atom stereocenters. The van der Waals surface area contributed by atoms with Crippen molar-refractivity contribution in [1.82, 2.24) is 9.36 Å². The zero-order valence-corrected chi connectivity index (χ0v) is 17.5. The molecule has 0 radical (unpaired) electrons. The van der Waals surface area contributed by atoms with Crippen molar-refractivity contribution in [3.63, 3.8) is 0 Å². The minimum absolute atomic E-state index is 0.0802. The smallest absolute Gasteiger partial charge is 0.275 e. The molecule has 0 saturated carbocycles. The summed E-state index contributed by atoms with van der Waals surface area (Å²) in [5.41, 5.74) is 3.76. The highest BCUT2D eigenvalue weighted by Crippen LogP contribution is 2.20. The molecule has 1 N–H and O–H groups in total. The van der Waals surface area contributed by atoms with Gasteiger partial charge < -0.3 is 0 Å². The third-order valence-corrected chi connectivity index (χ3v) is 6.27. The number of aromatic nitrogens is 2. The van der Waals surface area contributed by atoms with Crippen molar-refractivity contribution in [3.8, 4) is 5.69 Å². The molecule has 1 aromatic heterocycles. The number of aryl methyl sites for hydroxylation is 1. The molecule has 0 fully saturated rings. The number of nitrogens with one attached hydrogen (secondary N) is 1. The van der Waals surface area contributed by atoms with Crippen molar-refractivity contribution in [2.45, 2.75) is 38.5 Å². The number of sulfonamides is 1. The van der Waals surface area contributed by atoms with E-state index >= 15 is 0 Å². The van der Waals surface area contributed by atoms with Gasteiger partial charge in [-0.2, -0.15) is 0 Å². The summed E-state index contributed by atoms with van der Waals surface area (Å²) in [6, 6.07) is 13.4. The van der Waals surface area contributed by atoms with Crippen LogP contribution in [0.25, 0.3) is 5.69 Å². The van der Waals surface area contributed by atoms with Crippen LogP contribution >= 0.6 is 0 Å². The summed E-state index contributed by atoms with van der Waals surface area (Å²) >= 11 is 0. The molecular weight excluding hydrogens is 374 g/mol. The Kier molecular flexibility index (Phi) is 5.21. The number of benzene rings is 2. The summed E-state index contributed by atoms with van der Waals surface area (Å²) in [7, 11) is -1.88. The van der Waals surface area contributed by atoms with E-state index in [2.05, 4.69) is 4.72 Å². The van der Waals surface area contributed by atoms with Gasteiger partial charge in [0, 0.05) is 24.0 Å². The van der Waals surface area contributed by atoms with Crippen LogP contribution in [0.5, 0.6) is 0 Å². The molecular formula is C21H25N3O3S. The van der Waals surface area contributed by atoms with E-state index in [0.29, 0.717) is 11.4 Å². The van der Waals surface area contributed by atoms with Crippen molar-refractivity contribution >= 4 is 15.7 Å². The van der Waals surface area contributed by atoms with Gasteiger partial charge in [0.15, 0.2) is 0 Å². The predicted molar refractivity (Wildman–Crippen MR) is 112 cm³/mol. The number of anilines is 1. The predicted octanol–water partition coefficient (Wildman–Crippen LogP) is 3.72. The third kappa shape index (κ3) is 3.62. The molecule has 0 spiro atoms. The average Bonchev–Trinajstić information content (AvgIpc) is 2.86. The van der Waals surface area contributed by atoms with Gasteiger partial charge in [-0.15, -0.1) is 0 Å². The molecule has 1 heterocycles. The first-order chi connectivity index (χ1) is 13.1. The van der Waals surface area contributed by atoms with Crippen molar-refractivity contribution in [2.24, 2.45) is 7.05 Å². The molecule has 3 rings (SSSR count). The highest BCUT2D eigenvalue weighted by molar-refractivity contribution is 7.92. The lowest BCUT2D eigenvalue weighted by molar-refractivity contribution is 0.601. The zero-order valence-electron chi connectivity index (χ0n) is 16.7. The van der Waals surface area contributed by atoms with Gasteiger partial charge in [-0.05, 0) is 56.2 Å². The molecule has 0 amide bonds. The standard InChI is InChI=1S/C21H25N3O3S/c1-14(2)20-16(4)23(5)24(21(20)25)18-10-12-19(13-11-18)28(26,27)22-17-8-6-15(3)7-9-17/h6-14,22H,1-5H3. The van der Waals surface area contributed by atoms with Crippen molar-refractivity contribution in [3.05, 3.63) is 75.7 Å². The van der Waals surface area contributed by atoms with Crippen LogP contribution in [0.2, 0.25) is 0 Å². The Morgan fingerprint density at radius 2 is 1.50 bits per heavy atom. The number of nitrogens with zero attached hydrogens (tertiary/aromatic N) is 2. The topological polar surface area (TPSA) is 73.1 Å². The number of rotatable bonds is 5. The molecule has 0 aliphatic heterocycles. The lowest BCUT2D eigenvalue weighted by Gasteiger charge is -2.11. The Morgan fingerprint density at radius 3 is 2.00 bits per heavy atom. The van der Waals surface area contributed by atoms with E-state index in [1.54, 1.807) is 33.6 Å². The summed E-state index contributed by atoms with van der Waals surface area (Å²) in [4.78, 5) is 13.0. The molecule has 0 saturated heterocycles. The Morgan fingerprint density at radius 1 is 0.929 bits per heavy atom. The monoisotopic (exact) mass is 399 g/mol. The quantitative estimate of drug-likeness (QED) is 0.711. The molecule has 2 aromatic carbocycles. The lowest BCUT2D eigenvalue weighted by Crippen LogP contribution is -2.21. The number of hydrogen-bond acceptors (Lipinski definition) is 3. The highest BCUT2D eigenvalue weighted by atomic mass is 32.2. The van der Waals surface area contributed by atoms with Crippen LogP contribution in [0.3, 0.4) is 0 Å². The first-order valence-corrected chi connectivity index (χ1v) is 10.6. The van der Waals surface area contributed by atoms with E-state index in [9.17, 15) is 13.2 Å². The van der Waals surface area contributed by atoms with Crippen LogP contribution in [-0.4, -0.2) is 17.8 Å². The van der Waals surface area contributed by atoms with E-state index in [4.69, 9.17) is 0 Å². The molecule has 0 aliphatic carbocycles. The van der Waals surface area contributed by atoms with E-state index in [1.165, 1.54) is 12.1 Å². The maximum absolute atomic E-state index is 12.8. The molecule has 28 heavy (non-hydrogen) atoms. The Bertz CT molecular complexity index is 1150. The molecule has 148 valence electrons. The highest BCUT2D eigenvalue weighted by Gasteiger charge is 2.19. The summed E-state index contributed by atoms with van der Waals surface area (Å²) in [5.74, 6) is 0.110. The zero-order chi connectivity index (χ0) is 20.6. The Hall–Kier alpha value is -2.80. The molecule has 7 heteroatoms. The van der Waals surface area contributed by atoms with Crippen LogP contribution in [0, 0.1) is 13.8 Å². The largest absolute Gasteiger partial charge is 0.285 e. The van der Waals surface area contributed by atoms with E-state index in [-0.39, 0.29) is 16.4 Å². The fourth-order valence-electron chi connectivity index (χ4n) is 3.29. The second kappa shape index (κ2) is 7.31. The maximum atomic E-state index is 12.8. The summed E-state index contributed by atoms with van der Waals surface area (Å²) < 4.78 is 31.2. The van der Waals surface area contributed by atoms with Crippen molar-refractivity contribution in [1.29, 1.82) is 0 Å². The third-order valence-electron chi connectivity index (χ3n) is 4.87. The van der Waals surface area contributed by atoms with Gasteiger partial charge in [-0.25, -0.2) is 13.1 Å². The molecule has 6 nitrogen and oxygen atoms in total. The summed E-state index contributed by atoms with van der Waals surface area (Å²) in [6.07, 6.45) is 0. The van der Waals surface area contributed by atoms with Crippen LogP contribution in [0.1, 0.15) is 36.6 Å². The van der Waals surface area contributed by atoms with Gasteiger partial charge in [0.1, 0.15) is 0 Å². The van der Waals surface area contributed by atoms with Crippen molar-refractivity contribution in [2.75, 3.05) is 4.72 Å². The molecule has 0 bridgehead atoms. The van der Waals surface area contributed by atoms with Crippen LogP contribution in [0.4, 0.5) is 5.69 Å². The van der Waals surface area contributed by atoms with Gasteiger partial charge >= 0.3 is 0 Å².